The van der Waals surface area contributed by atoms with E-state index in [0.29, 0.717) is 25.7 Å². The van der Waals surface area contributed by atoms with Gasteiger partial charge < -0.3 is 20.3 Å². The molecule has 1 aromatic rings. The molecule has 0 aromatic heterocycles. The predicted octanol–water partition coefficient (Wildman–Crippen LogP) is 4.69. The second kappa shape index (κ2) is 11.1. The van der Waals surface area contributed by atoms with Gasteiger partial charge in [0.2, 0.25) is 0 Å². The van der Waals surface area contributed by atoms with E-state index < -0.39 is 5.54 Å². The highest BCUT2D eigenvalue weighted by atomic mass is 16.5. The van der Waals surface area contributed by atoms with Crippen LogP contribution in [0.25, 0.3) is 0 Å². The van der Waals surface area contributed by atoms with Gasteiger partial charge in [-0.1, -0.05) is 54.6 Å². The molecule has 30 heavy (non-hydrogen) atoms. The second-order valence-electron chi connectivity index (χ2n) is 8.79. The summed E-state index contributed by atoms with van der Waals surface area (Å²) in [5.74, 6) is 0.378. The Labute approximate surface area is 181 Å². The highest BCUT2D eigenvalue weighted by molar-refractivity contribution is 5.39. The number of nitrogens with two attached hydrogens (primary N) is 1. The Hall–Kier alpha value is -1.72. The summed E-state index contributed by atoms with van der Waals surface area (Å²) in [5.41, 5.74) is 10.9. The Balaban J connectivity index is 1.42. The van der Waals surface area contributed by atoms with Crippen LogP contribution >= 0.6 is 0 Å². The molecule has 0 amide bonds. The molecule has 0 heterocycles. The first kappa shape index (κ1) is 23.0. The van der Waals surface area contributed by atoms with Crippen molar-refractivity contribution in [2.45, 2.75) is 63.7 Å². The fourth-order valence-electron chi connectivity index (χ4n) is 4.56. The molecule has 0 radical (unpaired) electrons. The number of allylic oxidation sites excluding steroid dienone is 4. The van der Waals surface area contributed by atoms with Crippen molar-refractivity contribution in [2.75, 3.05) is 19.8 Å². The van der Waals surface area contributed by atoms with Gasteiger partial charge in [-0.15, -0.1) is 0 Å². The minimum atomic E-state index is -0.427. The third-order valence-electron chi connectivity index (χ3n) is 6.48. The maximum absolute atomic E-state index is 9.52. The van der Waals surface area contributed by atoms with Crippen molar-refractivity contribution in [3.63, 3.8) is 0 Å². The molecule has 2 fully saturated rings. The molecule has 4 nitrogen and oxygen atoms in total. The summed E-state index contributed by atoms with van der Waals surface area (Å²) < 4.78 is 11.8. The van der Waals surface area contributed by atoms with Crippen molar-refractivity contribution in [2.24, 2.45) is 11.7 Å². The lowest BCUT2D eigenvalue weighted by molar-refractivity contribution is -0.00469. The van der Waals surface area contributed by atoms with E-state index in [1.807, 2.05) is 18.2 Å². The molecular weight excluding hydrogens is 374 g/mol. The van der Waals surface area contributed by atoms with Gasteiger partial charge in [0.05, 0.1) is 32.5 Å². The van der Waals surface area contributed by atoms with E-state index in [1.165, 1.54) is 16.7 Å². The standard InChI is InChI=1S/C26H37NO3/c1-3-22-16-25(30-14-13-29-18-21-7-5-4-6-8-21)10-9-23(22)15-20(2)24-11-12-26(27,17-24)19-28/h3-8,15,24-25,28H,2,9-14,16-19,27H2,1H3/b22-3-,23-15-/t24-,25-,26+/m0/s1. The second-order valence-corrected chi connectivity index (χ2v) is 8.79. The van der Waals surface area contributed by atoms with E-state index in [2.05, 4.69) is 37.8 Å². The molecule has 164 valence electrons. The number of rotatable bonds is 9. The van der Waals surface area contributed by atoms with Crippen LogP contribution in [0.15, 0.2) is 65.8 Å². The summed E-state index contributed by atoms with van der Waals surface area (Å²) in [7, 11) is 0. The molecule has 0 spiro atoms. The van der Waals surface area contributed by atoms with Gasteiger partial charge in [0.25, 0.3) is 0 Å². The van der Waals surface area contributed by atoms with Crippen molar-refractivity contribution in [3.05, 3.63) is 71.3 Å². The largest absolute Gasteiger partial charge is 0.394 e. The monoisotopic (exact) mass is 411 g/mol. The molecule has 0 bridgehead atoms. The van der Waals surface area contributed by atoms with E-state index in [0.717, 1.165) is 44.1 Å². The number of aliphatic hydroxyl groups is 1. The zero-order valence-corrected chi connectivity index (χ0v) is 18.3. The van der Waals surface area contributed by atoms with E-state index in [1.54, 1.807) is 0 Å². The number of aliphatic hydroxyl groups excluding tert-OH is 1. The van der Waals surface area contributed by atoms with Gasteiger partial charge in [-0.05, 0) is 68.1 Å². The van der Waals surface area contributed by atoms with Crippen LogP contribution in [0.2, 0.25) is 0 Å². The van der Waals surface area contributed by atoms with Gasteiger partial charge in [0.1, 0.15) is 0 Å². The number of hydrogen-bond acceptors (Lipinski definition) is 4. The number of hydrogen-bond donors (Lipinski definition) is 2. The molecule has 1 aromatic carbocycles. The van der Waals surface area contributed by atoms with E-state index in [-0.39, 0.29) is 12.7 Å². The fraction of sp³-hybridized carbons (Fsp3) is 0.538. The van der Waals surface area contributed by atoms with Crippen molar-refractivity contribution < 1.29 is 14.6 Å². The SMILES string of the molecule is C=C(/C=C1/CC[C@H](OCCOCc2ccccc2)C/C1=C/C)[C@H]1CC[C@](N)(CO)C1. The van der Waals surface area contributed by atoms with Crippen LogP contribution in [0.4, 0.5) is 0 Å². The van der Waals surface area contributed by atoms with Crippen molar-refractivity contribution in [1.82, 2.24) is 0 Å². The van der Waals surface area contributed by atoms with E-state index in [4.69, 9.17) is 15.2 Å². The molecule has 0 saturated heterocycles. The zero-order chi connectivity index (χ0) is 21.4. The maximum Gasteiger partial charge on any atom is 0.0718 e. The molecule has 2 saturated carbocycles. The first-order chi connectivity index (χ1) is 14.5. The van der Waals surface area contributed by atoms with Gasteiger partial charge in [-0.2, -0.15) is 0 Å². The smallest absolute Gasteiger partial charge is 0.0718 e. The molecule has 0 unspecified atom stereocenters. The summed E-state index contributed by atoms with van der Waals surface area (Å²) in [4.78, 5) is 0. The molecule has 2 aliphatic carbocycles. The van der Waals surface area contributed by atoms with Gasteiger partial charge in [0.15, 0.2) is 0 Å². The minimum absolute atomic E-state index is 0.0571. The zero-order valence-electron chi connectivity index (χ0n) is 18.3. The Morgan fingerprint density at radius 3 is 2.73 bits per heavy atom. The Morgan fingerprint density at radius 2 is 2.03 bits per heavy atom. The van der Waals surface area contributed by atoms with Crippen LogP contribution in [0.5, 0.6) is 0 Å². The van der Waals surface area contributed by atoms with Crippen molar-refractivity contribution in [1.29, 1.82) is 0 Å². The molecule has 4 heteroatoms. The first-order valence-electron chi connectivity index (χ1n) is 11.2. The summed E-state index contributed by atoms with van der Waals surface area (Å²) >= 11 is 0. The summed E-state index contributed by atoms with van der Waals surface area (Å²) in [6.07, 6.45) is 10.4. The molecular formula is C26H37NO3. The van der Waals surface area contributed by atoms with Gasteiger partial charge in [0, 0.05) is 5.54 Å². The lowest BCUT2D eigenvalue weighted by Crippen LogP contribution is -2.40. The molecule has 3 rings (SSSR count). The molecule has 3 atom stereocenters. The van der Waals surface area contributed by atoms with Gasteiger partial charge in [-0.3, -0.25) is 0 Å². The topological polar surface area (TPSA) is 64.7 Å². The normalized spacial score (nSPS) is 29.6. The Kier molecular flexibility index (Phi) is 8.46. The van der Waals surface area contributed by atoms with Crippen molar-refractivity contribution >= 4 is 0 Å². The summed E-state index contributed by atoms with van der Waals surface area (Å²) in [5, 5.41) is 9.52. The van der Waals surface area contributed by atoms with E-state index >= 15 is 0 Å². The Morgan fingerprint density at radius 1 is 1.23 bits per heavy atom. The van der Waals surface area contributed by atoms with E-state index in [9.17, 15) is 5.11 Å². The fourth-order valence-corrected chi connectivity index (χ4v) is 4.56. The first-order valence-corrected chi connectivity index (χ1v) is 11.2. The van der Waals surface area contributed by atoms with Crippen LogP contribution in [0.1, 0.15) is 51.0 Å². The van der Waals surface area contributed by atoms with Crippen LogP contribution < -0.4 is 5.73 Å². The van der Waals surface area contributed by atoms with Gasteiger partial charge >= 0.3 is 0 Å². The lowest BCUT2D eigenvalue weighted by atomic mass is 9.84. The van der Waals surface area contributed by atoms with Crippen LogP contribution in [-0.2, 0) is 16.1 Å². The lowest BCUT2D eigenvalue weighted by Gasteiger charge is -2.28. The molecule has 3 N–H and O–H groups in total. The maximum atomic E-state index is 9.52. The third-order valence-corrected chi connectivity index (χ3v) is 6.48. The van der Waals surface area contributed by atoms with Crippen LogP contribution in [-0.4, -0.2) is 36.6 Å². The summed E-state index contributed by atoms with van der Waals surface area (Å²) in [6, 6.07) is 10.2. The third kappa shape index (κ3) is 6.39. The van der Waals surface area contributed by atoms with Crippen LogP contribution in [0.3, 0.4) is 0 Å². The van der Waals surface area contributed by atoms with Crippen molar-refractivity contribution in [3.8, 4) is 0 Å². The minimum Gasteiger partial charge on any atom is -0.394 e. The average Bonchev–Trinajstić information content (AvgIpc) is 3.18. The number of ether oxygens (including phenoxy) is 2. The number of benzene rings is 1. The molecule has 2 aliphatic rings. The van der Waals surface area contributed by atoms with Gasteiger partial charge in [-0.25, -0.2) is 0 Å². The summed E-state index contributed by atoms with van der Waals surface area (Å²) in [6.45, 7) is 8.35. The predicted molar refractivity (Wildman–Crippen MR) is 122 cm³/mol. The van der Waals surface area contributed by atoms with Crippen LogP contribution in [0, 0.1) is 5.92 Å². The highest BCUT2D eigenvalue weighted by Crippen LogP contribution is 2.39. The average molecular weight is 412 g/mol. The molecule has 0 aliphatic heterocycles. The highest BCUT2D eigenvalue weighted by Gasteiger charge is 2.36. The quantitative estimate of drug-likeness (QED) is 0.579. The Bertz CT molecular complexity index is 755.